The summed E-state index contributed by atoms with van der Waals surface area (Å²) in [5.41, 5.74) is 9.39. The Bertz CT molecular complexity index is 670. The fourth-order valence-electron chi connectivity index (χ4n) is 2.76. The van der Waals surface area contributed by atoms with Crippen LogP contribution in [-0.4, -0.2) is 57.0 Å². The molecule has 0 aliphatic carbocycles. The number of rotatable bonds is 13. The molecule has 0 atom stereocenters. The zero-order valence-electron chi connectivity index (χ0n) is 17.5. The predicted octanol–water partition coefficient (Wildman–Crippen LogP) is 4.59. The highest BCUT2D eigenvalue weighted by Gasteiger charge is 2.18. The van der Waals surface area contributed by atoms with Crippen LogP contribution in [0.5, 0.6) is 0 Å². The van der Waals surface area contributed by atoms with E-state index < -0.39 is 6.09 Å². The minimum Gasteiger partial charge on any atom is -0.449 e. The van der Waals surface area contributed by atoms with Crippen LogP contribution in [0, 0.1) is 0 Å². The van der Waals surface area contributed by atoms with Gasteiger partial charge in [0.2, 0.25) is 0 Å². The number of ether oxygens (including phenoxy) is 2. The third-order valence-electron chi connectivity index (χ3n) is 4.40. The molecule has 0 aromatic heterocycles. The minimum absolute atomic E-state index is 0.0390. The van der Waals surface area contributed by atoms with Gasteiger partial charge in [0, 0.05) is 42.9 Å². The van der Waals surface area contributed by atoms with E-state index in [0.29, 0.717) is 37.5 Å². The van der Waals surface area contributed by atoms with E-state index in [2.05, 4.69) is 10.0 Å². The van der Waals surface area contributed by atoms with E-state index in [-0.39, 0.29) is 12.6 Å². The maximum atomic E-state index is 12.4. The minimum atomic E-state index is -0.497. The number of hydrogen-bond donors (Lipinski definition) is 0. The highest BCUT2D eigenvalue weighted by molar-refractivity contribution is 5.95. The third-order valence-corrected chi connectivity index (χ3v) is 4.40. The number of methoxy groups -OCH3 is 1. The lowest BCUT2D eigenvalue weighted by molar-refractivity contribution is 0.0773. The lowest BCUT2D eigenvalue weighted by Gasteiger charge is -2.22. The molecule has 0 N–H and O–H groups in total. The van der Waals surface area contributed by atoms with Crippen molar-refractivity contribution in [2.24, 2.45) is 5.11 Å². The normalized spacial score (nSPS) is 10.2. The van der Waals surface area contributed by atoms with E-state index in [1.807, 2.05) is 13.8 Å². The van der Waals surface area contributed by atoms with E-state index >= 15 is 0 Å². The number of amides is 2. The van der Waals surface area contributed by atoms with Crippen LogP contribution in [0.4, 0.5) is 10.5 Å². The second-order valence-electron chi connectivity index (χ2n) is 6.35. The van der Waals surface area contributed by atoms with E-state index in [1.165, 1.54) is 12.0 Å². The summed E-state index contributed by atoms with van der Waals surface area (Å²) >= 11 is 0. The van der Waals surface area contributed by atoms with Crippen LogP contribution in [0.2, 0.25) is 0 Å². The van der Waals surface area contributed by atoms with Crippen LogP contribution in [0.25, 0.3) is 10.4 Å². The van der Waals surface area contributed by atoms with Gasteiger partial charge in [-0.25, -0.2) is 4.79 Å². The Morgan fingerprint density at radius 3 is 2.31 bits per heavy atom. The lowest BCUT2D eigenvalue weighted by atomic mass is 10.1. The van der Waals surface area contributed by atoms with Crippen LogP contribution in [0.15, 0.2) is 29.4 Å². The summed E-state index contributed by atoms with van der Waals surface area (Å²) in [6.07, 6.45) is 2.87. The van der Waals surface area contributed by atoms with E-state index in [0.717, 1.165) is 25.7 Å². The molecule has 0 bridgehead atoms. The SMILES string of the molecule is CCN(CC)C(=O)c1ccc(N(COC)C(=O)OCCCCCCN=[N+]=[N-])cc1. The van der Waals surface area contributed by atoms with Gasteiger partial charge in [-0.3, -0.25) is 9.69 Å². The van der Waals surface area contributed by atoms with Crippen LogP contribution in [0.3, 0.4) is 0 Å². The lowest BCUT2D eigenvalue weighted by Crippen LogP contribution is -2.34. The zero-order chi connectivity index (χ0) is 21.5. The molecule has 1 aromatic rings. The van der Waals surface area contributed by atoms with E-state index in [4.69, 9.17) is 15.0 Å². The fourth-order valence-corrected chi connectivity index (χ4v) is 2.76. The Hall–Kier alpha value is -2.77. The van der Waals surface area contributed by atoms with Crippen molar-refractivity contribution in [2.45, 2.75) is 39.5 Å². The van der Waals surface area contributed by atoms with Crippen LogP contribution < -0.4 is 4.90 Å². The third kappa shape index (κ3) is 8.41. The molecule has 0 radical (unpaired) electrons. The summed E-state index contributed by atoms with van der Waals surface area (Å²) in [5, 5.41) is 3.48. The first kappa shape index (κ1) is 24.3. The standard InChI is InChI=1S/C20H31N5O4/c1-4-24(5-2)19(26)17-10-12-18(13-11-17)25(16-28-3)20(27)29-15-9-7-6-8-14-22-23-21/h10-13H,4-9,14-16H2,1-3H3. The van der Waals surface area contributed by atoms with Crippen molar-refractivity contribution >= 4 is 17.7 Å². The Balaban J connectivity index is 2.59. The van der Waals surface area contributed by atoms with E-state index in [9.17, 15) is 9.59 Å². The van der Waals surface area contributed by atoms with Gasteiger partial charge in [-0.2, -0.15) is 0 Å². The molecule has 0 saturated carbocycles. The molecule has 0 unspecified atom stereocenters. The highest BCUT2D eigenvalue weighted by Crippen LogP contribution is 2.18. The number of unbranched alkanes of at least 4 members (excludes halogenated alkanes) is 3. The Kier molecular flexibility index (Phi) is 11.9. The molecule has 29 heavy (non-hydrogen) atoms. The first-order valence-electron chi connectivity index (χ1n) is 9.92. The Morgan fingerprint density at radius 2 is 1.72 bits per heavy atom. The quantitative estimate of drug-likeness (QED) is 0.157. The van der Waals surface area contributed by atoms with Gasteiger partial charge in [0.05, 0.1) is 6.61 Å². The predicted molar refractivity (Wildman–Crippen MR) is 112 cm³/mol. The number of nitrogens with zero attached hydrogens (tertiary/aromatic N) is 5. The largest absolute Gasteiger partial charge is 0.449 e. The van der Waals surface area contributed by atoms with Crippen molar-refractivity contribution in [3.63, 3.8) is 0 Å². The van der Waals surface area contributed by atoms with Gasteiger partial charge in [0.15, 0.2) is 0 Å². The van der Waals surface area contributed by atoms with Gasteiger partial charge in [-0.1, -0.05) is 18.0 Å². The molecule has 2 amide bonds. The smallest absolute Gasteiger partial charge is 0.416 e. The van der Waals surface area contributed by atoms with Crippen molar-refractivity contribution < 1.29 is 19.1 Å². The number of carbonyl (C=O) groups is 2. The summed E-state index contributed by atoms with van der Waals surface area (Å²) in [5.74, 6) is -0.0390. The second-order valence-corrected chi connectivity index (χ2v) is 6.35. The first-order chi connectivity index (χ1) is 14.1. The van der Waals surface area contributed by atoms with Crippen LogP contribution >= 0.6 is 0 Å². The summed E-state index contributed by atoms with van der Waals surface area (Å²) in [7, 11) is 1.50. The molecule has 1 aromatic carbocycles. The Morgan fingerprint density at radius 1 is 1.07 bits per heavy atom. The van der Waals surface area contributed by atoms with Crippen molar-refractivity contribution in [2.75, 3.05) is 45.0 Å². The zero-order valence-corrected chi connectivity index (χ0v) is 17.5. The maximum Gasteiger partial charge on any atom is 0.416 e. The summed E-state index contributed by atoms with van der Waals surface area (Å²) < 4.78 is 10.5. The molecular weight excluding hydrogens is 374 g/mol. The summed E-state index contributed by atoms with van der Waals surface area (Å²) in [6, 6.07) is 6.84. The van der Waals surface area contributed by atoms with Gasteiger partial charge >= 0.3 is 6.09 Å². The summed E-state index contributed by atoms with van der Waals surface area (Å²) in [4.78, 5) is 30.7. The number of hydrogen-bond acceptors (Lipinski definition) is 5. The summed E-state index contributed by atoms with van der Waals surface area (Å²) in [6.45, 7) is 6.01. The molecule has 0 aliphatic heterocycles. The highest BCUT2D eigenvalue weighted by atomic mass is 16.6. The average molecular weight is 405 g/mol. The topological polar surface area (TPSA) is 108 Å². The molecule has 1 rings (SSSR count). The molecule has 0 fully saturated rings. The Labute approximate surface area is 172 Å². The molecule has 160 valence electrons. The molecule has 9 heteroatoms. The molecule has 0 heterocycles. The average Bonchev–Trinajstić information content (AvgIpc) is 2.74. The maximum absolute atomic E-state index is 12.4. The van der Waals surface area contributed by atoms with Gasteiger partial charge in [-0.15, -0.1) is 0 Å². The molecule has 0 spiro atoms. The van der Waals surface area contributed by atoms with Crippen LogP contribution in [0.1, 0.15) is 49.9 Å². The number of azide groups is 1. The van der Waals surface area contributed by atoms with Gasteiger partial charge in [0.1, 0.15) is 6.73 Å². The second kappa shape index (κ2) is 14.3. The monoisotopic (exact) mass is 405 g/mol. The number of benzene rings is 1. The number of anilines is 1. The van der Waals surface area contributed by atoms with Gasteiger partial charge in [0.25, 0.3) is 5.91 Å². The fraction of sp³-hybridized carbons (Fsp3) is 0.600. The number of carbonyl (C=O) groups excluding carboxylic acids is 2. The van der Waals surface area contributed by atoms with Crippen molar-refractivity contribution in [3.05, 3.63) is 40.3 Å². The molecular formula is C20H31N5O4. The van der Waals surface area contributed by atoms with Gasteiger partial charge < -0.3 is 14.4 Å². The van der Waals surface area contributed by atoms with Crippen molar-refractivity contribution in [1.82, 2.24) is 4.90 Å². The van der Waals surface area contributed by atoms with Crippen molar-refractivity contribution in [3.8, 4) is 0 Å². The molecule has 0 saturated heterocycles. The van der Waals surface area contributed by atoms with Crippen molar-refractivity contribution in [1.29, 1.82) is 0 Å². The van der Waals surface area contributed by atoms with E-state index in [1.54, 1.807) is 29.2 Å². The van der Waals surface area contributed by atoms with Gasteiger partial charge in [-0.05, 0) is 56.5 Å². The molecule has 9 nitrogen and oxygen atoms in total. The first-order valence-corrected chi connectivity index (χ1v) is 9.92. The van der Waals surface area contributed by atoms with Crippen LogP contribution in [-0.2, 0) is 9.47 Å². The molecule has 0 aliphatic rings.